The number of imidazole rings is 1. The van der Waals surface area contributed by atoms with Crippen LogP contribution in [0.4, 0.5) is 0 Å². The van der Waals surface area contributed by atoms with Gasteiger partial charge >= 0.3 is 5.97 Å². The first-order valence-electron chi connectivity index (χ1n) is 14.3. The Morgan fingerprint density at radius 2 is 1.68 bits per heavy atom. The van der Waals surface area contributed by atoms with Crippen LogP contribution < -0.4 is 5.32 Å². The molecule has 1 aliphatic heterocycles. The molecule has 0 aliphatic carbocycles. The standard InChI is InChI=1S/C33H33Cl2N3O6/c34-31-32(35)38(20-37-31)18-27-16-28(24-9-7-21(19-39)8-10-24)44-33(43-27)25-13-11-23(12-14-25)26-4-1-3-22(15-26)17-36-29(40)5-2-6-30(41)42/h1,3-4,7-15,20,27-28,33,39H,2,5-6,16-19H2,(H,36,40)(H,41,42). The zero-order chi connectivity index (χ0) is 31.1. The van der Waals surface area contributed by atoms with E-state index in [0.29, 0.717) is 31.1 Å². The summed E-state index contributed by atoms with van der Waals surface area (Å²) in [6.07, 6.45) is 1.52. The molecule has 3 unspecified atom stereocenters. The van der Waals surface area contributed by atoms with E-state index in [-0.39, 0.29) is 42.7 Å². The van der Waals surface area contributed by atoms with E-state index in [1.807, 2.05) is 72.8 Å². The molecule has 0 bridgehead atoms. The maximum atomic E-state index is 12.1. The molecular weight excluding hydrogens is 605 g/mol. The number of aromatic nitrogens is 2. The van der Waals surface area contributed by atoms with Crippen LogP contribution in [0.2, 0.25) is 10.3 Å². The Labute approximate surface area is 265 Å². The number of nitrogens with one attached hydrogen (secondary N) is 1. The summed E-state index contributed by atoms with van der Waals surface area (Å²) in [5.74, 6) is -1.08. The molecular formula is C33H33Cl2N3O6. The van der Waals surface area contributed by atoms with E-state index in [9.17, 15) is 14.7 Å². The number of benzene rings is 3. The monoisotopic (exact) mass is 637 g/mol. The molecule has 1 amide bonds. The highest BCUT2D eigenvalue weighted by molar-refractivity contribution is 6.40. The second kappa shape index (κ2) is 14.8. The van der Waals surface area contributed by atoms with Crippen LogP contribution in [0.3, 0.4) is 0 Å². The van der Waals surface area contributed by atoms with Gasteiger partial charge in [0.25, 0.3) is 0 Å². The van der Waals surface area contributed by atoms with E-state index >= 15 is 0 Å². The van der Waals surface area contributed by atoms with E-state index in [1.54, 1.807) is 10.9 Å². The maximum absolute atomic E-state index is 12.1. The second-order valence-electron chi connectivity index (χ2n) is 10.7. The predicted octanol–water partition coefficient (Wildman–Crippen LogP) is 6.47. The molecule has 9 nitrogen and oxygen atoms in total. The number of halogens is 2. The van der Waals surface area contributed by atoms with Gasteiger partial charge in [-0.05, 0) is 40.3 Å². The molecule has 0 radical (unpaired) electrons. The Bertz CT molecular complexity index is 1580. The Morgan fingerprint density at radius 1 is 0.932 bits per heavy atom. The number of aliphatic hydroxyl groups excluding tert-OH is 1. The Balaban J connectivity index is 1.29. The van der Waals surface area contributed by atoms with Crippen LogP contribution in [0.25, 0.3) is 11.1 Å². The van der Waals surface area contributed by atoms with Crippen LogP contribution in [-0.4, -0.2) is 37.7 Å². The number of carbonyl (C=O) groups is 2. The van der Waals surface area contributed by atoms with Crippen molar-refractivity contribution in [2.24, 2.45) is 0 Å². The first kappa shape index (κ1) is 31.7. The number of nitrogens with zero attached hydrogens (tertiary/aromatic N) is 2. The number of aliphatic hydroxyl groups is 1. The maximum Gasteiger partial charge on any atom is 0.303 e. The van der Waals surface area contributed by atoms with E-state index < -0.39 is 12.3 Å². The van der Waals surface area contributed by atoms with Crippen molar-refractivity contribution >= 4 is 35.1 Å². The Morgan fingerprint density at radius 3 is 2.36 bits per heavy atom. The molecule has 11 heteroatoms. The van der Waals surface area contributed by atoms with Crippen LogP contribution in [0, 0.1) is 0 Å². The largest absolute Gasteiger partial charge is 0.481 e. The third kappa shape index (κ3) is 8.25. The average molecular weight is 639 g/mol. The molecule has 5 rings (SSSR count). The number of amides is 1. The molecule has 230 valence electrons. The minimum atomic E-state index is -0.906. The lowest BCUT2D eigenvalue weighted by Crippen LogP contribution is -2.32. The van der Waals surface area contributed by atoms with E-state index in [2.05, 4.69) is 10.3 Å². The van der Waals surface area contributed by atoms with Crippen molar-refractivity contribution in [3.05, 3.63) is 112 Å². The SMILES string of the molecule is O=C(O)CCCC(=O)NCc1cccc(-c2ccc(C3OC(Cn4cnc(Cl)c4Cl)CC(c4ccc(CO)cc4)O3)cc2)c1. The summed E-state index contributed by atoms with van der Waals surface area (Å²) in [4.78, 5) is 26.8. The topological polar surface area (TPSA) is 123 Å². The summed E-state index contributed by atoms with van der Waals surface area (Å²) in [7, 11) is 0. The fourth-order valence-corrected chi connectivity index (χ4v) is 5.42. The summed E-state index contributed by atoms with van der Waals surface area (Å²) in [5, 5.41) is 21.7. The minimum Gasteiger partial charge on any atom is -0.481 e. The lowest BCUT2D eigenvalue weighted by molar-refractivity contribution is -0.252. The number of carboxylic acid groups (broad SMARTS) is 1. The number of rotatable bonds is 12. The number of carbonyl (C=O) groups excluding carboxylic acids is 1. The van der Waals surface area contributed by atoms with Crippen molar-refractivity contribution < 1.29 is 29.3 Å². The zero-order valence-corrected chi connectivity index (χ0v) is 25.4. The molecule has 1 aliphatic rings. The van der Waals surface area contributed by atoms with Crippen LogP contribution in [0.15, 0.2) is 79.1 Å². The molecule has 0 spiro atoms. The number of carboxylic acids is 1. The molecule has 4 aromatic rings. The fraction of sp³-hybridized carbons (Fsp3) is 0.303. The van der Waals surface area contributed by atoms with E-state index in [0.717, 1.165) is 33.4 Å². The highest BCUT2D eigenvalue weighted by atomic mass is 35.5. The number of aliphatic carboxylic acids is 1. The summed E-state index contributed by atoms with van der Waals surface area (Å²) in [6, 6.07) is 23.6. The molecule has 3 atom stereocenters. The van der Waals surface area contributed by atoms with Gasteiger partial charge in [-0.25, -0.2) is 4.98 Å². The molecule has 2 heterocycles. The summed E-state index contributed by atoms with van der Waals surface area (Å²) >= 11 is 12.4. The van der Waals surface area contributed by atoms with Crippen molar-refractivity contribution in [2.75, 3.05) is 0 Å². The second-order valence-corrected chi connectivity index (χ2v) is 11.4. The predicted molar refractivity (Wildman–Crippen MR) is 166 cm³/mol. The average Bonchev–Trinajstić information content (AvgIpc) is 3.36. The quantitative estimate of drug-likeness (QED) is 0.163. The van der Waals surface area contributed by atoms with Crippen LogP contribution >= 0.6 is 23.2 Å². The molecule has 3 N–H and O–H groups in total. The van der Waals surface area contributed by atoms with Crippen LogP contribution in [-0.2, 0) is 38.8 Å². The van der Waals surface area contributed by atoms with Gasteiger partial charge in [-0.15, -0.1) is 0 Å². The van der Waals surface area contributed by atoms with Crippen molar-refractivity contribution in [3.8, 4) is 11.1 Å². The van der Waals surface area contributed by atoms with Crippen molar-refractivity contribution in [3.63, 3.8) is 0 Å². The summed E-state index contributed by atoms with van der Waals surface area (Å²) in [5.41, 5.74) is 5.59. The Hall–Kier alpha value is -3.73. The summed E-state index contributed by atoms with van der Waals surface area (Å²) in [6.45, 7) is 0.777. The van der Waals surface area contributed by atoms with Gasteiger partial charge in [-0.1, -0.05) is 89.9 Å². The molecule has 44 heavy (non-hydrogen) atoms. The van der Waals surface area contributed by atoms with Crippen molar-refractivity contribution in [1.29, 1.82) is 0 Å². The van der Waals surface area contributed by atoms with Gasteiger partial charge in [-0.3, -0.25) is 9.59 Å². The molecule has 3 aromatic carbocycles. The van der Waals surface area contributed by atoms with Gasteiger partial charge in [0.05, 0.1) is 31.7 Å². The van der Waals surface area contributed by atoms with Crippen molar-refractivity contribution in [2.45, 2.75) is 63.9 Å². The fourth-order valence-electron chi connectivity index (χ4n) is 5.11. The van der Waals surface area contributed by atoms with Gasteiger partial charge < -0.3 is 29.6 Å². The number of hydrogen-bond acceptors (Lipinski definition) is 6. The Kier molecular flexibility index (Phi) is 10.7. The van der Waals surface area contributed by atoms with Gasteiger partial charge in [0, 0.05) is 31.4 Å². The van der Waals surface area contributed by atoms with Gasteiger partial charge in [-0.2, -0.15) is 0 Å². The lowest BCUT2D eigenvalue weighted by atomic mass is 9.99. The minimum absolute atomic E-state index is 0.0251. The number of ether oxygens (including phenoxy) is 2. The third-order valence-electron chi connectivity index (χ3n) is 7.48. The van der Waals surface area contributed by atoms with Crippen LogP contribution in [0.1, 0.15) is 60.3 Å². The van der Waals surface area contributed by atoms with E-state index in [1.165, 1.54) is 0 Å². The smallest absolute Gasteiger partial charge is 0.303 e. The molecule has 0 saturated carbocycles. The van der Waals surface area contributed by atoms with Gasteiger partial charge in [0.15, 0.2) is 11.4 Å². The third-order valence-corrected chi connectivity index (χ3v) is 8.24. The number of hydrogen-bond donors (Lipinski definition) is 3. The lowest BCUT2D eigenvalue weighted by Gasteiger charge is -2.36. The molecule has 1 saturated heterocycles. The first-order valence-corrected chi connectivity index (χ1v) is 15.1. The summed E-state index contributed by atoms with van der Waals surface area (Å²) < 4.78 is 14.6. The van der Waals surface area contributed by atoms with Gasteiger partial charge in [0.1, 0.15) is 5.15 Å². The van der Waals surface area contributed by atoms with Crippen LogP contribution in [0.5, 0.6) is 0 Å². The van der Waals surface area contributed by atoms with E-state index in [4.69, 9.17) is 37.8 Å². The molecule has 1 aromatic heterocycles. The highest BCUT2D eigenvalue weighted by Gasteiger charge is 2.33. The first-order chi connectivity index (χ1) is 21.3. The van der Waals surface area contributed by atoms with Crippen molar-refractivity contribution in [1.82, 2.24) is 14.9 Å². The van der Waals surface area contributed by atoms with Gasteiger partial charge in [0.2, 0.25) is 5.91 Å². The normalized spacial score (nSPS) is 18.2. The molecule has 1 fully saturated rings. The highest BCUT2D eigenvalue weighted by Crippen LogP contribution is 2.39. The zero-order valence-electron chi connectivity index (χ0n) is 23.9.